The molecule has 4 rings (SSSR count). The molecular weight excluding hydrogens is 292 g/mol. The lowest BCUT2D eigenvalue weighted by Gasteiger charge is -2.51. The van der Waals surface area contributed by atoms with Crippen molar-refractivity contribution in [2.45, 2.75) is 37.7 Å². The second kappa shape index (κ2) is 6.11. The summed E-state index contributed by atoms with van der Waals surface area (Å²) in [5.74, 6) is 1.95. The topological polar surface area (TPSA) is 51.7 Å². The largest absolute Gasteiger partial charge is 0.492 e. The van der Waals surface area contributed by atoms with Crippen LogP contribution in [0.4, 0.5) is 0 Å². The van der Waals surface area contributed by atoms with E-state index in [2.05, 4.69) is 4.98 Å². The molecule has 1 aromatic heterocycles. The van der Waals surface area contributed by atoms with E-state index in [4.69, 9.17) is 9.47 Å². The van der Waals surface area contributed by atoms with Gasteiger partial charge < -0.3 is 14.4 Å². The zero-order valence-corrected chi connectivity index (χ0v) is 13.4. The molecule has 5 nitrogen and oxygen atoms in total. The molecule has 1 aromatic rings. The number of aromatic nitrogens is 1. The van der Waals surface area contributed by atoms with Gasteiger partial charge in [0.15, 0.2) is 0 Å². The lowest BCUT2D eigenvalue weighted by atomic mass is 9.77. The van der Waals surface area contributed by atoms with Crippen LogP contribution in [0, 0.1) is 11.8 Å². The van der Waals surface area contributed by atoms with E-state index in [9.17, 15) is 4.79 Å². The van der Waals surface area contributed by atoms with Gasteiger partial charge in [0.1, 0.15) is 11.4 Å². The minimum atomic E-state index is -0.0995. The standard InChI is InChI=1S/C18H24N2O3/c21-17(14-3-1-4-14)20-12-18(13-20)15(7-10-23-18)6-9-22-16-5-2-8-19-11-16/h2,5,8,11,14-15H,1,3-4,6-7,9-10,12-13H2. The van der Waals surface area contributed by atoms with Crippen molar-refractivity contribution >= 4 is 5.91 Å². The summed E-state index contributed by atoms with van der Waals surface area (Å²) in [6.45, 7) is 3.04. The summed E-state index contributed by atoms with van der Waals surface area (Å²) in [4.78, 5) is 18.4. The molecular formula is C18H24N2O3. The fourth-order valence-electron chi connectivity index (χ4n) is 3.96. The van der Waals surface area contributed by atoms with E-state index in [1.165, 1.54) is 6.42 Å². The number of nitrogens with zero attached hydrogens (tertiary/aromatic N) is 2. The predicted molar refractivity (Wildman–Crippen MR) is 85.1 cm³/mol. The van der Waals surface area contributed by atoms with Crippen LogP contribution in [0.1, 0.15) is 32.1 Å². The first-order chi connectivity index (χ1) is 11.3. The Morgan fingerprint density at radius 1 is 1.39 bits per heavy atom. The Labute approximate surface area is 137 Å². The monoisotopic (exact) mass is 316 g/mol. The van der Waals surface area contributed by atoms with E-state index in [1.807, 2.05) is 17.0 Å². The molecule has 1 unspecified atom stereocenters. The number of carbonyl (C=O) groups is 1. The van der Waals surface area contributed by atoms with Crippen LogP contribution in [-0.2, 0) is 9.53 Å². The predicted octanol–water partition coefficient (Wildman–Crippen LogP) is 2.27. The Morgan fingerprint density at radius 2 is 2.26 bits per heavy atom. The van der Waals surface area contributed by atoms with Crippen molar-refractivity contribution in [2.75, 3.05) is 26.3 Å². The van der Waals surface area contributed by atoms with Crippen LogP contribution < -0.4 is 4.74 Å². The second-order valence-electron chi connectivity index (χ2n) is 7.05. The number of hydrogen-bond donors (Lipinski definition) is 0. The number of ether oxygens (including phenoxy) is 2. The van der Waals surface area contributed by atoms with Gasteiger partial charge in [-0.05, 0) is 43.7 Å². The molecule has 3 aliphatic rings. The van der Waals surface area contributed by atoms with E-state index >= 15 is 0 Å². The highest BCUT2D eigenvalue weighted by molar-refractivity contribution is 5.80. The molecule has 1 amide bonds. The molecule has 124 valence electrons. The molecule has 0 N–H and O–H groups in total. The van der Waals surface area contributed by atoms with Crippen molar-refractivity contribution in [3.05, 3.63) is 24.5 Å². The van der Waals surface area contributed by atoms with E-state index in [0.717, 1.165) is 51.1 Å². The van der Waals surface area contributed by atoms with Gasteiger partial charge in [0.25, 0.3) is 0 Å². The highest BCUT2D eigenvalue weighted by Crippen LogP contribution is 2.43. The quantitative estimate of drug-likeness (QED) is 0.836. The molecule has 0 aromatic carbocycles. The first-order valence-electron chi connectivity index (χ1n) is 8.72. The zero-order valence-electron chi connectivity index (χ0n) is 13.4. The molecule has 3 heterocycles. The van der Waals surface area contributed by atoms with Crippen molar-refractivity contribution in [2.24, 2.45) is 11.8 Å². The minimum Gasteiger partial charge on any atom is -0.492 e. The zero-order chi connectivity index (χ0) is 15.7. The average molecular weight is 316 g/mol. The van der Waals surface area contributed by atoms with Gasteiger partial charge in [0, 0.05) is 18.7 Å². The van der Waals surface area contributed by atoms with Crippen molar-refractivity contribution in [1.82, 2.24) is 9.88 Å². The highest BCUT2D eigenvalue weighted by atomic mass is 16.5. The maximum Gasteiger partial charge on any atom is 0.225 e. The molecule has 0 radical (unpaired) electrons. The van der Waals surface area contributed by atoms with E-state index in [1.54, 1.807) is 12.4 Å². The fourth-order valence-corrected chi connectivity index (χ4v) is 3.96. The summed E-state index contributed by atoms with van der Waals surface area (Å²) in [7, 11) is 0. The van der Waals surface area contributed by atoms with E-state index in [0.29, 0.717) is 24.3 Å². The van der Waals surface area contributed by atoms with Crippen molar-refractivity contribution < 1.29 is 14.3 Å². The Kier molecular flexibility index (Phi) is 3.97. The lowest BCUT2D eigenvalue weighted by Crippen LogP contribution is -2.67. The van der Waals surface area contributed by atoms with Gasteiger partial charge >= 0.3 is 0 Å². The van der Waals surface area contributed by atoms with Crippen LogP contribution in [0.15, 0.2) is 24.5 Å². The summed E-state index contributed by atoms with van der Waals surface area (Å²) in [6.07, 6.45) is 8.89. The van der Waals surface area contributed by atoms with Crippen LogP contribution in [-0.4, -0.2) is 47.7 Å². The van der Waals surface area contributed by atoms with Gasteiger partial charge in [-0.25, -0.2) is 0 Å². The summed E-state index contributed by atoms with van der Waals surface area (Å²) in [5.41, 5.74) is -0.0995. The smallest absolute Gasteiger partial charge is 0.225 e. The Balaban J connectivity index is 1.27. The number of amides is 1. The van der Waals surface area contributed by atoms with E-state index < -0.39 is 0 Å². The van der Waals surface area contributed by atoms with Crippen LogP contribution in [0.2, 0.25) is 0 Å². The molecule has 1 aliphatic carbocycles. The molecule has 1 spiro atoms. The number of rotatable bonds is 5. The van der Waals surface area contributed by atoms with Crippen molar-refractivity contribution in [3.63, 3.8) is 0 Å². The summed E-state index contributed by atoms with van der Waals surface area (Å²) < 4.78 is 11.8. The van der Waals surface area contributed by atoms with Crippen molar-refractivity contribution in [1.29, 1.82) is 0 Å². The first-order valence-corrected chi connectivity index (χ1v) is 8.72. The molecule has 3 fully saturated rings. The molecule has 1 saturated carbocycles. The summed E-state index contributed by atoms with van der Waals surface area (Å²) in [5, 5.41) is 0. The number of pyridine rings is 1. The minimum absolute atomic E-state index is 0.0995. The Hall–Kier alpha value is -1.62. The molecule has 5 heteroatoms. The van der Waals surface area contributed by atoms with Gasteiger partial charge in [-0.15, -0.1) is 0 Å². The van der Waals surface area contributed by atoms with Crippen LogP contribution >= 0.6 is 0 Å². The maximum atomic E-state index is 12.3. The maximum absolute atomic E-state index is 12.3. The van der Waals surface area contributed by atoms with E-state index in [-0.39, 0.29) is 5.60 Å². The summed E-state index contributed by atoms with van der Waals surface area (Å²) >= 11 is 0. The van der Waals surface area contributed by atoms with Crippen molar-refractivity contribution in [3.8, 4) is 5.75 Å². The van der Waals surface area contributed by atoms with Gasteiger partial charge in [0.2, 0.25) is 5.91 Å². The van der Waals surface area contributed by atoms with Crippen LogP contribution in [0.5, 0.6) is 5.75 Å². The van der Waals surface area contributed by atoms with Gasteiger partial charge in [-0.3, -0.25) is 9.78 Å². The third kappa shape index (κ3) is 2.82. The average Bonchev–Trinajstić information content (AvgIpc) is 2.89. The summed E-state index contributed by atoms with van der Waals surface area (Å²) in [6, 6.07) is 3.81. The highest BCUT2D eigenvalue weighted by Gasteiger charge is 2.54. The second-order valence-corrected chi connectivity index (χ2v) is 7.05. The molecule has 2 aliphatic heterocycles. The third-order valence-corrected chi connectivity index (χ3v) is 5.65. The third-order valence-electron chi connectivity index (χ3n) is 5.65. The lowest BCUT2D eigenvalue weighted by molar-refractivity contribution is -0.171. The van der Waals surface area contributed by atoms with Gasteiger partial charge in [0.05, 0.1) is 25.9 Å². The normalized spacial score (nSPS) is 25.9. The number of carbonyl (C=O) groups excluding carboxylic acids is 1. The van der Waals surface area contributed by atoms with Gasteiger partial charge in [-0.1, -0.05) is 6.42 Å². The molecule has 2 saturated heterocycles. The number of hydrogen-bond acceptors (Lipinski definition) is 4. The molecule has 23 heavy (non-hydrogen) atoms. The molecule has 0 bridgehead atoms. The molecule has 1 atom stereocenters. The SMILES string of the molecule is O=C(C1CCC1)N1CC2(C1)OCCC2CCOc1cccnc1. The Morgan fingerprint density at radius 3 is 2.96 bits per heavy atom. The Bertz CT molecular complexity index is 553. The van der Waals surface area contributed by atoms with Crippen LogP contribution in [0.3, 0.4) is 0 Å². The fraction of sp³-hybridized carbons (Fsp3) is 0.667. The van der Waals surface area contributed by atoms with Gasteiger partial charge in [-0.2, -0.15) is 0 Å². The first kappa shape index (κ1) is 14.9. The van der Waals surface area contributed by atoms with Crippen LogP contribution in [0.25, 0.3) is 0 Å². The number of likely N-dealkylation sites (tertiary alicyclic amines) is 1.